The Labute approximate surface area is 124 Å². The Morgan fingerprint density at radius 3 is 2.57 bits per heavy atom. The van der Waals surface area contributed by atoms with Gasteiger partial charge in [0, 0.05) is 11.7 Å². The summed E-state index contributed by atoms with van der Waals surface area (Å²) in [6.45, 7) is 1.74. The van der Waals surface area contributed by atoms with E-state index >= 15 is 0 Å². The molecule has 2 aromatic carbocycles. The second kappa shape index (κ2) is 5.95. The summed E-state index contributed by atoms with van der Waals surface area (Å²) in [5.74, 6) is 0. The molecule has 21 heavy (non-hydrogen) atoms. The molecular weight excluding hydrogens is 286 g/mol. The Morgan fingerprint density at radius 1 is 1.19 bits per heavy atom. The van der Waals surface area contributed by atoms with Gasteiger partial charge in [-0.25, -0.2) is 13.1 Å². The normalized spacial score (nSPS) is 12.6. The summed E-state index contributed by atoms with van der Waals surface area (Å²) in [5, 5.41) is 8.84. The number of nitriles is 1. The molecule has 0 amide bonds. The van der Waals surface area contributed by atoms with Crippen molar-refractivity contribution in [2.45, 2.75) is 17.9 Å². The van der Waals surface area contributed by atoms with Gasteiger partial charge >= 0.3 is 0 Å². The molecule has 0 fully saturated rings. The predicted molar refractivity (Wildman–Crippen MR) is 80.7 cm³/mol. The molecule has 0 aliphatic heterocycles. The molecule has 5 nitrogen and oxygen atoms in total. The fraction of sp³-hybridized carbons (Fsp3) is 0.133. The number of benzene rings is 2. The molecule has 0 spiro atoms. The Morgan fingerprint density at radius 2 is 1.90 bits per heavy atom. The maximum Gasteiger partial charge on any atom is 0.241 e. The SMILES string of the molecule is CC(NS(=O)(=O)c1cccc(C#N)c1)c1cccc(N)c1. The van der Waals surface area contributed by atoms with E-state index in [-0.39, 0.29) is 4.90 Å². The molecule has 0 saturated heterocycles. The molecule has 1 atom stereocenters. The van der Waals surface area contributed by atoms with Gasteiger partial charge < -0.3 is 5.73 Å². The van der Waals surface area contributed by atoms with Crippen molar-refractivity contribution in [1.29, 1.82) is 5.26 Å². The van der Waals surface area contributed by atoms with Crippen molar-refractivity contribution in [1.82, 2.24) is 4.72 Å². The molecule has 2 aromatic rings. The lowest BCUT2D eigenvalue weighted by Gasteiger charge is -2.15. The topological polar surface area (TPSA) is 96.0 Å². The Bertz CT molecular complexity index is 795. The zero-order valence-electron chi connectivity index (χ0n) is 11.4. The second-order valence-electron chi connectivity index (χ2n) is 4.65. The molecule has 0 aromatic heterocycles. The first-order valence-electron chi connectivity index (χ1n) is 6.30. The average Bonchev–Trinajstić information content (AvgIpc) is 2.47. The van der Waals surface area contributed by atoms with Crippen LogP contribution in [0.2, 0.25) is 0 Å². The van der Waals surface area contributed by atoms with Gasteiger partial charge in [-0.15, -0.1) is 0 Å². The van der Waals surface area contributed by atoms with Crippen LogP contribution in [0.15, 0.2) is 53.4 Å². The molecular formula is C15H15N3O2S. The smallest absolute Gasteiger partial charge is 0.241 e. The summed E-state index contributed by atoms with van der Waals surface area (Å²) in [6, 6.07) is 14.4. The molecule has 0 aliphatic carbocycles. The number of rotatable bonds is 4. The quantitative estimate of drug-likeness (QED) is 0.846. The number of nitrogens with zero attached hydrogens (tertiary/aromatic N) is 1. The van der Waals surface area contributed by atoms with Gasteiger partial charge in [0.25, 0.3) is 0 Å². The summed E-state index contributed by atoms with van der Waals surface area (Å²) in [7, 11) is -3.70. The minimum Gasteiger partial charge on any atom is -0.399 e. The van der Waals surface area contributed by atoms with E-state index in [2.05, 4.69) is 4.72 Å². The van der Waals surface area contributed by atoms with E-state index in [0.717, 1.165) is 5.56 Å². The lowest BCUT2D eigenvalue weighted by Crippen LogP contribution is -2.27. The number of sulfonamides is 1. The maximum atomic E-state index is 12.3. The third-order valence-electron chi connectivity index (χ3n) is 3.02. The summed E-state index contributed by atoms with van der Waals surface area (Å²) >= 11 is 0. The third-order valence-corrected chi connectivity index (χ3v) is 4.55. The van der Waals surface area contributed by atoms with Crippen LogP contribution in [0, 0.1) is 11.3 Å². The van der Waals surface area contributed by atoms with Gasteiger partial charge in [0.15, 0.2) is 0 Å². The minimum atomic E-state index is -3.70. The van der Waals surface area contributed by atoms with Gasteiger partial charge in [0.05, 0.1) is 16.5 Å². The van der Waals surface area contributed by atoms with Gasteiger partial charge in [-0.1, -0.05) is 18.2 Å². The van der Waals surface area contributed by atoms with E-state index in [1.54, 1.807) is 37.3 Å². The second-order valence-corrected chi connectivity index (χ2v) is 6.37. The van der Waals surface area contributed by atoms with Crippen LogP contribution in [0.4, 0.5) is 5.69 Å². The maximum absolute atomic E-state index is 12.3. The summed E-state index contributed by atoms with van der Waals surface area (Å²) in [5.41, 5.74) is 7.34. The van der Waals surface area contributed by atoms with Crippen molar-refractivity contribution in [3.05, 3.63) is 59.7 Å². The minimum absolute atomic E-state index is 0.0669. The summed E-state index contributed by atoms with van der Waals surface area (Å²) < 4.78 is 27.2. The number of nitrogen functional groups attached to an aromatic ring is 1. The molecule has 0 heterocycles. The fourth-order valence-corrected chi connectivity index (χ4v) is 3.21. The highest BCUT2D eigenvalue weighted by atomic mass is 32.2. The summed E-state index contributed by atoms with van der Waals surface area (Å²) in [4.78, 5) is 0.0669. The molecule has 2 rings (SSSR count). The Balaban J connectivity index is 2.27. The van der Waals surface area contributed by atoms with Crippen molar-refractivity contribution in [3.8, 4) is 6.07 Å². The van der Waals surface area contributed by atoms with Crippen LogP contribution in [0.1, 0.15) is 24.1 Å². The first kappa shape index (κ1) is 15.0. The van der Waals surface area contributed by atoms with Crippen LogP contribution < -0.4 is 10.5 Å². The molecule has 6 heteroatoms. The monoisotopic (exact) mass is 301 g/mol. The number of nitrogens with one attached hydrogen (secondary N) is 1. The summed E-state index contributed by atoms with van der Waals surface area (Å²) in [6.07, 6.45) is 0. The zero-order chi connectivity index (χ0) is 15.5. The van der Waals surface area contributed by atoms with Crippen LogP contribution in [0.3, 0.4) is 0 Å². The lowest BCUT2D eigenvalue weighted by atomic mass is 10.1. The average molecular weight is 301 g/mol. The van der Waals surface area contributed by atoms with Gasteiger partial charge in [0.2, 0.25) is 10.0 Å². The van der Waals surface area contributed by atoms with Crippen LogP contribution in [0.5, 0.6) is 0 Å². The number of anilines is 1. The van der Waals surface area contributed by atoms with E-state index in [9.17, 15) is 8.42 Å². The van der Waals surface area contributed by atoms with E-state index in [1.807, 2.05) is 6.07 Å². The van der Waals surface area contributed by atoms with E-state index in [4.69, 9.17) is 11.0 Å². The largest absolute Gasteiger partial charge is 0.399 e. The third kappa shape index (κ3) is 3.60. The standard InChI is InChI=1S/C15H15N3O2S/c1-11(13-5-3-6-14(17)9-13)18-21(19,20)15-7-2-4-12(8-15)10-16/h2-9,11,18H,17H2,1H3. The molecule has 108 valence electrons. The van der Waals surface area contributed by atoms with Crippen molar-refractivity contribution < 1.29 is 8.42 Å². The first-order valence-corrected chi connectivity index (χ1v) is 7.78. The molecule has 3 N–H and O–H groups in total. The molecule has 0 aliphatic rings. The van der Waals surface area contributed by atoms with Crippen LogP contribution in [-0.4, -0.2) is 8.42 Å². The highest BCUT2D eigenvalue weighted by molar-refractivity contribution is 7.89. The van der Waals surface area contributed by atoms with E-state index < -0.39 is 16.1 Å². The van der Waals surface area contributed by atoms with Gasteiger partial charge in [-0.3, -0.25) is 0 Å². The van der Waals surface area contributed by atoms with Crippen LogP contribution in [-0.2, 0) is 10.0 Å². The molecule has 1 unspecified atom stereocenters. The fourth-order valence-electron chi connectivity index (χ4n) is 1.93. The highest BCUT2D eigenvalue weighted by Crippen LogP contribution is 2.19. The van der Waals surface area contributed by atoms with Gasteiger partial charge in [-0.05, 0) is 42.8 Å². The van der Waals surface area contributed by atoms with Gasteiger partial charge in [0.1, 0.15) is 0 Å². The van der Waals surface area contributed by atoms with Crippen molar-refractivity contribution in [3.63, 3.8) is 0 Å². The highest BCUT2D eigenvalue weighted by Gasteiger charge is 2.18. The molecule has 0 bridgehead atoms. The number of nitrogens with two attached hydrogens (primary N) is 1. The molecule has 0 radical (unpaired) electrons. The molecule has 0 saturated carbocycles. The lowest BCUT2D eigenvalue weighted by molar-refractivity contribution is 0.567. The Kier molecular flexibility index (Phi) is 4.26. The first-order chi connectivity index (χ1) is 9.92. The zero-order valence-corrected chi connectivity index (χ0v) is 12.3. The van der Waals surface area contributed by atoms with E-state index in [1.165, 1.54) is 18.2 Å². The van der Waals surface area contributed by atoms with Gasteiger partial charge in [-0.2, -0.15) is 5.26 Å². The Hall–Kier alpha value is -2.36. The number of hydrogen-bond acceptors (Lipinski definition) is 4. The van der Waals surface area contributed by atoms with Crippen molar-refractivity contribution in [2.75, 3.05) is 5.73 Å². The van der Waals surface area contributed by atoms with Crippen LogP contribution >= 0.6 is 0 Å². The predicted octanol–water partition coefficient (Wildman–Crippen LogP) is 2.18. The number of hydrogen-bond donors (Lipinski definition) is 2. The van der Waals surface area contributed by atoms with Crippen molar-refractivity contribution >= 4 is 15.7 Å². The van der Waals surface area contributed by atoms with Crippen LogP contribution in [0.25, 0.3) is 0 Å². The van der Waals surface area contributed by atoms with E-state index in [0.29, 0.717) is 11.3 Å². The van der Waals surface area contributed by atoms with Crippen molar-refractivity contribution in [2.24, 2.45) is 0 Å².